The normalized spacial score (nSPS) is 16.8. The molecule has 6 heteroatoms. The molecule has 1 saturated heterocycles. The van der Waals surface area contributed by atoms with Crippen molar-refractivity contribution in [2.24, 2.45) is 5.73 Å². The van der Waals surface area contributed by atoms with E-state index in [1.165, 1.54) is 0 Å². The lowest BCUT2D eigenvalue weighted by Crippen LogP contribution is -2.45. The average molecular weight is 390 g/mol. The molecule has 3 N–H and O–H groups in total. The Bertz CT molecular complexity index is 891. The molecule has 6 nitrogen and oxygen atoms in total. The van der Waals surface area contributed by atoms with E-state index >= 15 is 0 Å². The number of likely N-dealkylation sites (tertiary alicyclic amines) is 1. The molecule has 0 aliphatic carbocycles. The van der Waals surface area contributed by atoms with Gasteiger partial charge in [-0.2, -0.15) is 5.26 Å². The molecule has 0 bridgehead atoms. The molecule has 0 spiro atoms. The molecule has 2 aromatic carbocycles. The Morgan fingerprint density at radius 2 is 2.00 bits per heavy atom. The summed E-state index contributed by atoms with van der Waals surface area (Å²) >= 11 is 0. The molecular weight excluding hydrogens is 364 g/mol. The number of nitrogens with one attached hydrogen (secondary N) is 1. The van der Waals surface area contributed by atoms with Gasteiger partial charge in [0.2, 0.25) is 5.91 Å². The fourth-order valence-electron chi connectivity index (χ4n) is 3.76. The lowest BCUT2D eigenvalue weighted by molar-refractivity contribution is -0.132. The Morgan fingerprint density at radius 1 is 1.21 bits per heavy atom. The Labute approximate surface area is 171 Å². The van der Waals surface area contributed by atoms with Crippen molar-refractivity contribution in [1.29, 1.82) is 5.26 Å². The van der Waals surface area contributed by atoms with Crippen LogP contribution in [-0.2, 0) is 11.2 Å². The van der Waals surface area contributed by atoms with Crippen LogP contribution >= 0.6 is 0 Å². The minimum absolute atomic E-state index is 0.00396. The van der Waals surface area contributed by atoms with E-state index in [0.717, 1.165) is 18.4 Å². The van der Waals surface area contributed by atoms with Crippen molar-refractivity contribution in [3.8, 4) is 6.07 Å². The standard InChI is InChI=1S/C23H26N4O2/c24-15-18-7-4-6-17(12-18)13-20(25)14-22(28)27-11-5-10-21(27)16-26-23(29)19-8-2-1-3-9-19/h1-4,6-9,12,20-21H,5,10-11,13-14,16,25H2,(H,26,29)/t20?,21-/m0/s1. The minimum atomic E-state index is -0.309. The third kappa shape index (κ3) is 5.66. The van der Waals surface area contributed by atoms with Crippen molar-refractivity contribution in [2.45, 2.75) is 37.8 Å². The first kappa shape index (κ1) is 20.6. The third-order valence-electron chi connectivity index (χ3n) is 5.22. The van der Waals surface area contributed by atoms with Gasteiger partial charge in [-0.1, -0.05) is 30.3 Å². The van der Waals surface area contributed by atoms with Crippen LogP contribution in [0.1, 0.15) is 40.7 Å². The fourth-order valence-corrected chi connectivity index (χ4v) is 3.76. The molecule has 150 valence electrons. The monoisotopic (exact) mass is 390 g/mol. The van der Waals surface area contributed by atoms with Gasteiger partial charge in [-0.3, -0.25) is 9.59 Å². The lowest BCUT2D eigenvalue weighted by atomic mass is 10.0. The number of rotatable bonds is 7. The van der Waals surface area contributed by atoms with Gasteiger partial charge in [-0.15, -0.1) is 0 Å². The van der Waals surface area contributed by atoms with Crippen molar-refractivity contribution in [3.05, 3.63) is 71.3 Å². The number of carbonyl (C=O) groups excluding carboxylic acids is 2. The Morgan fingerprint density at radius 3 is 2.76 bits per heavy atom. The summed E-state index contributed by atoms with van der Waals surface area (Å²) in [5.41, 5.74) is 8.37. The molecule has 0 radical (unpaired) electrons. The average Bonchev–Trinajstić information content (AvgIpc) is 3.21. The Kier molecular flexibility index (Phi) is 6.99. The van der Waals surface area contributed by atoms with Crippen molar-refractivity contribution >= 4 is 11.8 Å². The van der Waals surface area contributed by atoms with Crippen molar-refractivity contribution in [3.63, 3.8) is 0 Å². The highest BCUT2D eigenvalue weighted by Crippen LogP contribution is 2.19. The van der Waals surface area contributed by atoms with E-state index in [1.807, 2.05) is 41.3 Å². The van der Waals surface area contributed by atoms with Gasteiger partial charge in [0.05, 0.1) is 11.6 Å². The number of nitrogens with two attached hydrogens (primary N) is 1. The smallest absolute Gasteiger partial charge is 0.251 e. The number of carbonyl (C=O) groups is 2. The molecule has 2 amide bonds. The predicted molar refractivity (Wildman–Crippen MR) is 111 cm³/mol. The van der Waals surface area contributed by atoms with Gasteiger partial charge in [0, 0.05) is 37.2 Å². The van der Waals surface area contributed by atoms with Crippen LogP contribution < -0.4 is 11.1 Å². The highest BCUT2D eigenvalue weighted by molar-refractivity contribution is 5.94. The molecule has 0 saturated carbocycles. The maximum atomic E-state index is 12.8. The van der Waals surface area contributed by atoms with E-state index in [9.17, 15) is 9.59 Å². The number of hydrogen-bond acceptors (Lipinski definition) is 4. The van der Waals surface area contributed by atoms with Gasteiger partial charge in [0.25, 0.3) is 5.91 Å². The summed E-state index contributed by atoms with van der Waals surface area (Å²) in [7, 11) is 0. The first-order valence-corrected chi connectivity index (χ1v) is 9.94. The van der Waals surface area contributed by atoms with Crippen LogP contribution in [0.4, 0.5) is 0 Å². The Hall–Kier alpha value is -3.17. The van der Waals surface area contributed by atoms with Gasteiger partial charge < -0.3 is 16.0 Å². The maximum absolute atomic E-state index is 12.8. The van der Waals surface area contributed by atoms with Gasteiger partial charge in [-0.05, 0) is 49.1 Å². The van der Waals surface area contributed by atoms with Gasteiger partial charge in [0.15, 0.2) is 0 Å². The maximum Gasteiger partial charge on any atom is 0.251 e. The zero-order valence-electron chi connectivity index (χ0n) is 16.4. The molecule has 1 aliphatic heterocycles. The summed E-state index contributed by atoms with van der Waals surface area (Å²) in [6.07, 6.45) is 2.60. The number of nitriles is 1. The topological polar surface area (TPSA) is 99.2 Å². The summed E-state index contributed by atoms with van der Waals surface area (Å²) in [6, 6.07) is 18.2. The van der Waals surface area contributed by atoms with Gasteiger partial charge in [-0.25, -0.2) is 0 Å². The summed E-state index contributed by atoms with van der Waals surface area (Å²) in [5.74, 6) is -0.107. The van der Waals surface area contributed by atoms with E-state index in [0.29, 0.717) is 30.6 Å². The van der Waals surface area contributed by atoms with Crippen LogP contribution in [0, 0.1) is 11.3 Å². The van der Waals surface area contributed by atoms with Crippen LogP contribution in [0.3, 0.4) is 0 Å². The fraction of sp³-hybridized carbons (Fsp3) is 0.348. The van der Waals surface area contributed by atoms with Crippen LogP contribution in [0.2, 0.25) is 0 Å². The molecule has 1 unspecified atom stereocenters. The van der Waals surface area contributed by atoms with E-state index in [4.69, 9.17) is 11.0 Å². The molecule has 2 aromatic rings. The molecule has 1 heterocycles. The van der Waals surface area contributed by atoms with E-state index in [-0.39, 0.29) is 30.3 Å². The van der Waals surface area contributed by atoms with Crippen LogP contribution in [-0.4, -0.2) is 41.9 Å². The van der Waals surface area contributed by atoms with Crippen LogP contribution in [0.25, 0.3) is 0 Å². The van der Waals surface area contributed by atoms with Gasteiger partial charge in [0.1, 0.15) is 0 Å². The van der Waals surface area contributed by atoms with E-state index in [1.54, 1.807) is 18.2 Å². The largest absolute Gasteiger partial charge is 0.350 e. The number of hydrogen-bond donors (Lipinski definition) is 2. The predicted octanol–water partition coefficient (Wildman–Crippen LogP) is 2.24. The zero-order valence-corrected chi connectivity index (χ0v) is 16.4. The first-order chi connectivity index (χ1) is 14.1. The molecule has 29 heavy (non-hydrogen) atoms. The summed E-state index contributed by atoms with van der Waals surface area (Å²) in [4.78, 5) is 26.9. The summed E-state index contributed by atoms with van der Waals surface area (Å²) in [5, 5.41) is 11.9. The molecule has 3 rings (SSSR count). The van der Waals surface area contributed by atoms with Crippen molar-refractivity contribution < 1.29 is 9.59 Å². The summed E-state index contributed by atoms with van der Waals surface area (Å²) < 4.78 is 0. The second-order valence-corrected chi connectivity index (χ2v) is 7.44. The SMILES string of the molecule is N#Cc1cccc(CC(N)CC(=O)N2CCC[C@H]2CNC(=O)c2ccccc2)c1. The zero-order chi connectivity index (χ0) is 20.6. The second-order valence-electron chi connectivity index (χ2n) is 7.44. The molecular formula is C23H26N4O2. The van der Waals surface area contributed by atoms with E-state index in [2.05, 4.69) is 11.4 Å². The molecule has 1 fully saturated rings. The second kappa shape index (κ2) is 9.85. The number of nitrogens with zero attached hydrogens (tertiary/aromatic N) is 2. The van der Waals surface area contributed by atoms with Gasteiger partial charge >= 0.3 is 0 Å². The first-order valence-electron chi connectivity index (χ1n) is 9.94. The van der Waals surface area contributed by atoms with Crippen LogP contribution in [0.5, 0.6) is 0 Å². The third-order valence-corrected chi connectivity index (χ3v) is 5.22. The minimum Gasteiger partial charge on any atom is -0.350 e. The molecule has 0 aromatic heterocycles. The van der Waals surface area contributed by atoms with Crippen LogP contribution in [0.15, 0.2) is 54.6 Å². The highest BCUT2D eigenvalue weighted by atomic mass is 16.2. The quantitative estimate of drug-likeness (QED) is 0.757. The Balaban J connectivity index is 1.51. The van der Waals surface area contributed by atoms with Crippen molar-refractivity contribution in [1.82, 2.24) is 10.2 Å². The summed E-state index contributed by atoms with van der Waals surface area (Å²) in [6.45, 7) is 1.14. The molecule has 2 atom stereocenters. The molecule has 1 aliphatic rings. The number of amides is 2. The van der Waals surface area contributed by atoms with E-state index < -0.39 is 0 Å². The highest BCUT2D eigenvalue weighted by Gasteiger charge is 2.29. The number of benzene rings is 2. The van der Waals surface area contributed by atoms with Crippen molar-refractivity contribution in [2.75, 3.05) is 13.1 Å². The lowest BCUT2D eigenvalue weighted by Gasteiger charge is -2.26.